The number of ether oxygens (including phenoxy) is 1. The highest BCUT2D eigenvalue weighted by atomic mass is 16.4. The molecule has 46 valence electrons. The first-order chi connectivity index (χ1) is 3.91. The summed E-state index contributed by atoms with van der Waals surface area (Å²) >= 11 is 0. The Labute approximate surface area is 49.1 Å². The van der Waals surface area contributed by atoms with Gasteiger partial charge in [0.25, 0.3) is 0 Å². The van der Waals surface area contributed by atoms with Crippen LogP contribution in [0.1, 0.15) is 0 Å². The molecule has 0 amide bonds. The van der Waals surface area contributed by atoms with E-state index in [1.165, 1.54) is 0 Å². The van der Waals surface area contributed by atoms with Gasteiger partial charge in [0.1, 0.15) is 0 Å². The maximum atomic E-state index is 4.58. The molecule has 2 heteroatoms. The van der Waals surface area contributed by atoms with Crippen LogP contribution in [0.2, 0.25) is 0 Å². The van der Waals surface area contributed by atoms with Gasteiger partial charge in [-0.05, 0) is 12.1 Å². The molecule has 0 spiro atoms. The lowest BCUT2D eigenvalue weighted by atomic mass is 10.7. The highest BCUT2D eigenvalue weighted by molar-refractivity contribution is 4.79. The summed E-state index contributed by atoms with van der Waals surface area (Å²) in [6, 6.07) is 3.67. The Morgan fingerprint density at radius 2 is 1.50 bits per heavy atom. The predicted molar refractivity (Wildman–Crippen MR) is 31.6 cm³/mol. The van der Waals surface area contributed by atoms with E-state index in [1.54, 1.807) is 26.7 Å². The lowest BCUT2D eigenvalue weighted by molar-refractivity contribution is 0.277. The number of methoxy groups -OCH3 is 1. The van der Waals surface area contributed by atoms with E-state index in [1.807, 2.05) is 12.1 Å². The minimum absolute atomic E-state index is 1.62. The molecule has 0 N–H and O–H groups in total. The first-order valence-corrected chi connectivity index (χ1v) is 2.29. The van der Waals surface area contributed by atoms with Gasteiger partial charge in [0.2, 0.25) is 0 Å². The molecule has 0 unspecified atom stereocenters. The van der Waals surface area contributed by atoms with Crippen LogP contribution in [0.5, 0.6) is 0 Å². The molecular formula is C6H10O2. The predicted octanol–water partition coefficient (Wildman–Crippen LogP) is 1.54. The van der Waals surface area contributed by atoms with E-state index in [0.29, 0.717) is 0 Å². The van der Waals surface area contributed by atoms with Gasteiger partial charge < -0.3 is 9.15 Å². The van der Waals surface area contributed by atoms with Crippen LogP contribution < -0.4 is 0 Å². The summed E-state index contributed by atoms with van der Waals surface area (Å²) < 4.78 is 8.83. The molecule has 1 rings (SSSR count). The molecule has 8 heavy (non-hydrogen) atoms. The van der Waals surface area contributed by atoms with E-state index in [0.717, 1.165) is 0 Å². The number of furan rings is 1. The van der Waals surface area contributed by atoms with Crippen molar-refractivity contribution in [2.45, 2.75) is 0 Å². The molecule has 0 bridgehead atoms. The highest BCUT2D eigenvalue weighted by Gasteiger charge is 1.58. The molecule has 0 radical (unpaired) electrons. The molecule has 0 aromatic carbocycles. The van der Waals surface area contributed by atoms with E-state index >= 15 is 0 Å². The normalized spacial score (nSPS) is 7.25. The van der Waals surface area contributed by atoms with E-state index in [4.69, 9.17) is 0 Å². The topological polar surface area (TPSA) is 22.4 Å². The number of rotatable bonds is 0. The van der Waals surface area contributed by atoms with Crippen LogP contribution in [-0.4, -0.2) is 14.2 Å². The van der Waals surface area contributed by atoms with Crippen molar-refractivity contribution in [3.63, 3.8) is 0 Å². The maximum absolute atomic E-state index is 4.58. The number of hydrogen-bond donors (Lipinski definition) is 0. The Morgan fingerprint density at radius 1 is 1.12 bits per heavy atom. The van der Waals surface area contributed by atoms with Gasteiger partial charge >= 0.3 is 0 Å². The third-order valence-electron chi connectivity index (χ3n) is 0.425. The molecule has 0 aliphatic carbocycles. The van der Waals surface area contributed by atoms with Gasteiger partial charge in [-0.2, -0.15) is 0 Å². The molecule has 1 aromatic rings. The van der Waals surface area contributed by atoms with Gasteiger partial charge in [-0.3, -0.25) is 0 Å². The van der Waals surface area contributed by atoms with Crippen molar-refractivity contribution in [2.24, 2.45) is 0 Å². The zero-order valence-corrected chi connectivity index (χ0v) is 5.13. The van der Waals surface area contributed by atoms with Crippen LogP contribution in [0, 0.1) is 0 Å². The monoisotopic (exact) mass is 114 g/mol. The third kappa shape index (κ3) is 5.24. The SMILES string of the molecule is COC.c1ccoc1. The smallest absolute Gasteiger partial charge is 0.0902 e. The second-order valence-electron chi connectivity index (χ2n) is 1.20. The minimum Gasteiger partial charge on any atom is -0.473 e. The summed E-state index contributed by atoms with van der Waals surface area (Å²) in [5, 5.41) is 0. The first kappa shape index (κ1) is 7.24. The van der Waals surface area contributed by atoms with Crippen LogP contribution in [0.3, 0.4) is 0 Å². The highest BCUT2D eigenvalue weighted by Crippen LogP contribution is 1.79. The Bertz CT molecular complexity index is 73.4. The van der Waals surface area contributed by atoms with E-state index < -0.39 is 0 Å². The molecule has 0 saturated heterocycles. The quantitative estimate of drug-likeness (QED) is 0.510. The lowest BCUT2D eigenvalue weighted by Crippen LogP contribution is -1.55. The molecule has 0 atom stereocenters. The summed E-state index contributed by atoms with van der Waals surface area (Å²) in [6.45, 7) is 0. The Morgan fingerprint density at radius 3 is 1.62 bits per heavy atom. The van der Waals surface area contributed by atoms with Crippen LogP contribution >= 0.6 is 0 Å². The maximum Gasteiger partial charge on any atom is 0.0902 e. The van der Waals surface area contributed by atoms with Gasteiger partial charge in [-0.25, -0.2) is 0 Å². The second-order valence-corrected chi connectivity index (χ2v) is 1.20. The van der Waals surface area contributed by atoms with Gasteiger partial charge in [0.15, 0.2) is 0 Å². The molecular weight excluding hydrogens is 104 g/mol. The molecule has 0 saturated carbocycles. The fourth-order valence-electron chi connectivity index (χ4n) is 0.227. The van der Waals surface area contributed by atoms with Crippen LogP contribution in [-0.2, 0) is 4.74 Å². The van der Waals surface area contributed by atoms with Gasteiger partial charge in [-0.1, -0.05) is 0 Å². The standard InChI is InChI=1S/C4H4O.C2H6O/c1-2-4-5-3-1;1-3-2/h1-4H;1-2H3. The van der Waals surface area contributed by atoms with Gasteiger partial charge in [-0.15, -0.1) is 0 Å². The summed E-state index contributed by atoms with van der Waals surface area (Å²) in [7, 11) is 3.25. The van der Waals surface area contributed by atoms with Crippen molar-refractivity contribution in [3.05, 3.63) is 24.7 Å². The second kappa shape index (κ2) is 6.24. The lowest BCUT2D eigenvalue weighted by Gasteiger charge is -1.61. The Hall–Kier alpha value is -0.760. The average molecular weight is 114 g/mol. The van der Waals surface area contributed by atoms with Crippen LogP contribution in [0.4, 0.5) is 0 Å². The Kier molecular flexibility index (Phi) is 5.65. The van der Waals surface area contributed by atoms with Crippen molar-refractivity contribution in [1.29, 1.82) is 0 Å². The minimum atomic E-state index is 1.62. The van der Waals surface area contributed by atoms with Crippen molar-refractivity contribution >= 4 is 0 Å². The molecule has 1 heterocycles. The molecule has 0 aliphatic heterocycles. The van der Waals surface area contributed by atoms with Gasteiger partial charge in [0.05, 0.1) is 12.5 Å². The fraction of sp³-hybridized carbons (Fsp3) is 0.333. The Balaban J connectivity index is 0.000000145. The van der Waals surface area contributed by atoms with Crippen molar-refractivity contribution in [2.75, 3.05) is 14.2 Å². The largest absolute Gasteiger partial charge is 0.473 e. The van der Waals surface area contributed by atoms with E-state index in [-0.39, 0.29) is 0 Å². The molecule has 0 fully saturated rings. The number of hydrogen-bond acceptors (Lipinski definition) is 2. The summed E-state index contributed by atoms with van der Waals surface area (Å²) in [5.41, 5.74) is 0. The molecule has 2 nitrogen and oxygen atoms in total. The van der Waals surface area contributed by atoms with Crippen molar-refractivity contribution < 1.29 is 9.15 Å². The van der Waals surface area contributed by atoms with Gasteiger partial charge in [0, 0.05) is 14.2 Å². The van der Waals surface area contributed by atoms with Crippen LogP contribution in [0.25, 0.3) is 0 Å². The van der Waals surface area contributed by atoms with Crippen molar-refractivity contribution in [3.8, 4) is 0 Å². The summed E-state index contributed by atoms with van der Waals surface area (Å²) in [4.78, 5) is 0. The third-order valence-corrected chi connectivity index (χ3v) is 0.425. The average Bonchev–Trinajstić information content (AvgIpc) is 2.17. The fourth-order valence-corrected chi connectivity index (χ4v) is 0.227. The molecule has 0 aliphatic rings. The first-order valence-electron chi connectivity index (χ1n) is 2.29. The molecule has 1 aromatic heterocycles. The van der Waals surface area contributed by atoms with Crippen molar-refractivity contribution in [1.82, 2.24) is 0 Å². The zero-order chi connectivity index (χ0) is 6.24. The summed E-state index contributed by atoms with van der Waals surface area (Å²) in [5.74, 6) is 0. The zero-order valence-electron chi connectivity index (χ0n) is 5.13. The summed E-state index contributed by atoms with van der Waals surface area (Å²) in [6.07, 6.45) is 3.25. The van der Waals surface area contributed by atoms with E-state index in [9.17, 15) is 0 Å². The van der Waals surface area contributed by atoms with E-state index in [2.05, 4.69) is 9.15 Å². The van der Waals surface area contributed by atoms with Crippen LogP contribution in [0.15, 0.2) is 29.1 Å².